The highest BCUT2D eigenvalue weighted by Gasteiger charge is 2.61. The summed E-state index contributed by atoms with van der Waals surface area (Å²) in [6.45, 7) is 0. The number of nitrogens with one attached hydrogen (secondary N) is 1. The van der Waals surface area contributed by atoms with Crippen molar-refractivity contribution in [1.29, 1.82) is 0 Å². The molecule has 1 spiro atoms. The molecule has 1 atom stereocenters. The molecule has 108 valence electrons. The first-order valence-corrected chi connectivity index (χ1v) is 8.35. The van der Waals surface area contributed by atoms with Crippen molar-refractivity contribution >= 4 is 32.8 Å². The largest absolute Gasteiger partial charge is 0.363 e. The Morgan fingerprint density at radius 1 is 1.40 bits per heavy atom. The van der Waals surface area contributed by atoms with Gasteiger partial charge in [-0.15, -0.1) is 0 Å². The first-order valence-electron chi connectivity index (χ1n) is 6.26. The van der Waals surface area contributed by atoms with Gasteiger partial charge in [0.15, 0.2) is 9.84 Å². The summed E-state index contributed by atoms with van der Waals surface area (Å²) in [7, 11) is -3.21. The summed E-state index contributed by atoms with van der Waals surface area (Å²) < 4.78 is 23.8. The Balaban J connectivity index is 1.93. The number of halogens is 1. The molecule has 3 rings (SSSR count). The van der Waals surface area contributed by atoms with Gasteiger partial charge in [0.25, 0.3) is 5.69 Å². The van der Waals surface area contributed by atoms with Crippen LogP contribution in [-0.4, -0.2) is 24.5 Å². The molecule has 1 aromatic rings. The fourth-order valence-electron chi connectivity index (χ4n) is 3.04. The van der Waals surface area contributed by atoms with Crippen LogP contribution in [-0.2, 0) is 9.84 Å². The number of hydrogen-bond donors (Lipinski definition) is 1. The molecule has 0 bridgehead atoms. The minimum absolute atomic E-state index is 0.180. The van der Waals surface area contributed by atoms with E-state index in [2.05, 4.69) is 5.32 Å². The summed E-state index contributed by atoms with van der Waals surface area (Å²) in [5, 5.41) is 13.4. The summed E-state index contributed by atoms with van der Waals surface area (Å²) in [6.07, 6.45) is 2.72. The average Bonchev–Trinajstić information content (AvgIpc) is 2.32. The Bertz CT molecular complexity index is 685. The van der Waals surface area contributed by atoms with Crippen molar-refractivity contribution in [3.05, 3.63) is 33.3 Å². The number of hydrogen-bond acceptors (Lipinski definition) is 5. The zero-order valence-electron chi connectivity index (χ0n) is 10.5. The fourth-order valence-corrected chi connectivity index (χ4v) is 5.72. The molecule has 1 N–H and O–H groups in total. The third-order valence-electron chi connectivity index (χ3n) is 4.20. The van der Waals surface area contributed by atoms with Crippen LogP contribution in [0, 0.1) is 15.5 Å². The normalized spacial score (nSPS) is 25.6. The van der Waals surface area contributed by atoms with E-state index in [0.717, 1.165) is 19.3 Å². The average molecular weight is 317 g/mol. The highest BCUT2D eigenvalue weighted by molar-refractivity contribution is 7.93. The van der Waals surface area contributed by atoms with Crippen LogP contribution >= 0.6 is 11.6 Å². The van der Waals surface area contributed by atoms with E-state index < -0.39 is 20.1 Å². The van der Waals surface area contributed by atoms with Crippen molar-refractivity contribution in [2.75, 3.05) is 11.1 Å². The predicted octanol–water partition coefficient (Wildman–Crippen LogP) is 2.58. The van der Waals surface area contributed by atoms with Crippen LogP contribution in [0.3, 0.4) is 0 Å². The lowest BCUT2D eigenvalue weighted by atomic mass is 9.69. The van der Waals surface area contributed by atoms with Crippen molar-refractivity contribution in [3.63, 3.8) is 0 Å². The van der Waals surface area contributed by atoms with Gasteiger partial charge in [-0.3, -0.25) is 10.1 Å². The second-order valence-corrected chi connectivity index (χ2v) is 7.99. The Morgan fingerprint density at radius 2 is 2.10 bits per heavy atom. The summed E-state index contributed by atoms with van der Waals surface area (Å²) in [5.41, 5.74) is -0.222. The maximum atomic E-state index is 11.9. The van der Waals surface area contributed by atoms with E-state index in [4.69, 9.17) is 11.6 Å². The highest BCUT2D eigenvalue weighted by Crippen LogP contribution is 2.55. The first-order chi connectivity index (χ1) is 9.34. The zero-order chi connectivity index (χ0) is 14.5. The number of nitrogens with zero attached hydrogens (tertiary/aromatic N) is 1. The van der Waals surface area contributed by atoms with Gasteiger partial charge in [0.05, 0.1) is 10.7 Å². The first kappa shape index (κ1) is 13.6. The number of benzene rings is 1. The van der Waals surface area contributed by atoms with Crippen LogP contribution in [0.1, 0.15) is 19.3 Å². The molecular weight excluding hydrogens is 304 g/mol. The monoisotopic (exact) mass is 316 g/mol. The number of anilines is 1. The fraction of sp³-hybridized carbons (Fsp3) is 0.500. The quantitative estimate of drug-likeness (QED) is 0.684. The third-order valence-corrected chi connectivity index (χ3v) is 6.74. The number of nitro benzene ring substituents is 1. The van der Waals surface area contributed by atoms with Gasteiger partial charge in [0.1, 0.15) is 11.1 Å². The van der Waals surface area contributed by atoms with Crippen molar-refractivity contribution in [3.8, 4) is 0 Å². The molecule has 1 heterocycles. The SMILES string of the molecule is O=[N+]([O-])c1cc(Cl)ccc1NC1C2(CCC2)CS1(=O)=O. The summed E-state index contributed by atoms with van der Waals surface area (Å²) in [5.74, 6) is 0.180. The van der Waals surface area contributed by atoms with Gasteiger partial charge in [-0.25, -0.2) is 8.42 Å². The Hall–Kier alpha value is -1.34. The van der Waals surface area contributed by atoms with Gasteiger partial charge in [-0.2, -0.15) is 0 Å². The van der Waals surface area contributed by atoms with E-state index in [9.17, 15) is 18.5 Å². The molecule has 0 radical (unpaired) electrons. The molecule has 2 fully saturated rings. The summed E-state index contributed by atoms with van der Waals surface area (Å²) in [4.78, 5) is 10.5. The Morgan fingerprint density at radius 3 is 2.60 bits per heavy atom. The van der Waals surface area contributed by atoms with Crippen LogP contribution in [0.2, 0.25) is 5.02 Å². The van der Waals surface area contributed by atoms with E-state index in [1.54, 1.807) is 0 Å². The van der Waals surface area contributed by atoms with Crippen LogP contribution < -0.4 is 5.32 Å². The van der Waals surface area contributed by atoms with Gasteiger partial charge < -0.3 is 5.32 Å². The maximum Gasteiger partial charge on any atom is 0.293 e. The molecule has 8 heteroatoms. The van der Waals surface area contributed by atoms with E-state index in [0.29, 0.717) is 0 Å². The summed E-state index contributed by atoms with van der Waals surface area (Å²) >= 11 is 5.75. The molecule has 0 amide bonds. The smallest absolute Gasteiger partial charge is 0.293 e. The van der Waals surface area contributed by atoms with Crippen molar-refractivity contribution < 1.29 is 13.3 Å². The maximum absolute atomic E-state index is 11.9. The van der Waals surface area contributed by atoms with E-state index >= 15 is 0 Å². The second kappa shape index (κ2) is 4.33. The molecule has 0 aromatic heterocycles. The third kappa shape index (κ3) is 1.96. The van der Waals surface area contributed by atoms with Crippen LogP contribution in [0.4, 0.5) is 11.4 Å². The van der Waals surface area contributed by atoms with Crippen molar-refractivity contribution in [2.45, 2.75) is 24.6 Å². The molecule has 2 aliphatic rings. The lowest BCUT2D eigenvalue weighted by Crippen LogP contribution is -2.64. The van der Waals surface area contributed by atoms with Crippen LogP contribution in [0.25, 0.3) is 0 Å². The molecule has 1 saturated heterocycles. The standard InChI is InChI=1S/C12H13ClN2O4S/c13-8-2-3-9(10(6-8)15(16)17)14-11-12(4-1-5-12)7-20(11,18)19/h2-3,6,11,14H,1,4-5,7H2. The minimum atomic E-state index is -3.21. The lowest BCUT2D eigenvalue weighted by molar-refractivity contribution is -0.384. The number of nitro groups is 1. The Kier molecular flexibility index (Phi) is 2.95. The van der Waals surface area contributed by atoms with Crippen molar-refractivity contribution in [1.82, 2.24) is 0 Å². The van der Waals surface area contributed by atoms with Gasteiger partial charge in [-0.1, -0.05) is 18.0 Å². The topological polar surface area (TPSA) is 89.3 Å². The molecule has 1 aromatic carbocycles. The lowest BCUT2D eigenvalue weighted by Gasteiger charge is -2.54. The summed E-state index contributed by atoms with van der Waals surface area (Å²) in [6, 6.07) is 4.19. The zero-order valence-corrected chi connectivity index (χ0v) is 12.1. The van der Waals surface area contributed by atoms with E-state index in [1.165, 1.54) is 18.2 Å². The van der Waals surface area contributed by atoms with Gasteiger partial charge >= 0.3 is 0 Å². The predicted molar refractivity (Wildman–Crippen MR) is 75.6 cm³/mol. The van der Waals surface area contributed by atoms with E-state index in [-0.39, 0.29) is 27.6 Å². The van der Waals surface area contributed by atoms with Crippen LogP contribution in [0.5, 0.6) is 0 Å². The highest BCUT2D eigenvalue weighted by atomic mass is 35.5. The number of sulfone groups is 1. The second-order valence-electron chi connectivity index (χ2n) is 5.47. The van der Waals surface area contributed by atoms with E-state index in [1.807, 2.05) is 0 Å². The molecule has 6 nitrogen and oxygen atoms in total. The van der Waals surface area contributed by atoms with Crippen molar-refractivity contribution in [2.24, 2.45) is 5.41 Å². The number of rotatable bonds is 3. The molecule has 1 saturated carbocycles. The van der Waals surface area contributed by atoms with Gasteiger partial charge in [0, 0.05) is 16.5 Å². The van der Waals surface area contributed by atoms with Gasteiger partial charge in [-0.05, 0) is 25.0 Å². The minimum Gasteiger partial charge on any atom is -0.363 e. The molecule has 1 aliphatic heterocycles. The van der Waals surface area contributed by atoms with Gasteiger partial charge in [0.2, 0.25) is 0 Å². The molecule has 20 heavy (non-hydrogen) atoms. The molecule has 1 aliphatic carbocycles. The van der Waals surface area contributed by atoms with Crippen LogP contribution in [0.15, 0.2) is 18.2 Å². The molecule has 1 unspecified atom stereocenters. The Labute approximate surface area is 121 Å². The molecular formula is C12H13ClN2O4S.